The maximum absolute atomic E-state index is 13.8. The number of alkyl halides is 3. The van der Waals surface area contributed by atoms with Crippen LogP contribution in [0.1, 0.15) is 76.3 Å². The van der Waals surface area contributed by atoms with Gasteiger partial charge in [-0.1, -0.05) is 19.3 Å². The highest BCUT2D eigenvalue weighted by atomic mass is 19.4. The molecule has 238 valence electrons. The number of aromatic nitrogens is 1. The Morgan fingerprint density at radius 1 is 0.795 bits per heavy atom. The van der Waals surface area contributed by atoms with Crippen molar-refractivity contribution in [1.29, 1.82) is 0 Å². The van der Waals surface area contributed by atoms with Crippen LogP contribution < -0.4 is 20.3 Å². The summed E-state index contributed by atoms with van der Waals surface area (Å²) in [6, 6.07) is 5.57. The predicted molar refractivity (Wildman–Crippen MR) is 160 cm³/mol. The minimum Gasteiger partial charge on any atom is -0.473 e. The van der Waals surface area contributed by atoms with E-state index in [1.165, 1.54) is 6.42 Å². The zero-order chi connectivity index (χ0) is 30.7. The van der Waals surface area contributed by atoms with E-state index < -0.39 is 17.6 Å². The minimum atomic E-state index is -4.57. The van der Waals surface area contributed by atoms with E-state index in [2.05, 4.69) is 15.6 Å². The number of carbonyl (C=O) groups excluding carboxylic acids is 2. The molecule has 2 amide bonds. The van der Waals surface area contributed by atoms with Crippen molar-refractivity contribution >= 4 is 17.5 Å². The predicted octanol–water partition coefficient (Wildman–Crippen LogP) is 3.90. The lowest BCUT2D eigenvalue weighted by molar-refractivity contribution is -0.137. The van der Waals surface area contributed by atoms with Gasteiger partial charge in [-0.3, -0.25) is 9.59 Å². The van der Waals surface area contributed by atoms with E-state index in [0.29, 0.717) is 62.3 Å². The Hall–Kier alpha value is -3.38. The number of nitrogens with zero attached hydrogens (tertiary/aromatic N) is 4. The van der Waals surface area contributed by atoms with Crippen molar-refractivity contribution in [2.75, 3.05) is 70.3 Å². The normalized spacial score (nSPS) is 21.9. The van der Waals surface area contributed by atoms with Gasteiger partial charge < -0.3 is 30.1 Å². The summed E-state index contributed by atoms with van der Waals surface area (Å²) in [6.45, 7) is 5.23. The Morgan fingerprint density at radius 3 is 2.11 bits per heavy atom. The summed E-state index contributed by atoms with van der Waals surface area (Å²) < 4.78 is 47.6. The van der Waals surface area contributed by atoms with Crippen LogP contribution in [0.3, 0.4) is 0 Å². The molecule has 2 aromatic rings. The van der Waals surface area contributed by atoms with Crippen LogP contribution in [-0.4, -0.2) is 98.1 Å². The Bertz CT molecular complexity index is 1330. The molecule has 4 aliphatic rings. The average Bonchev–Trinajstić information content (AvgIpc) is 3.58. The molecular weight excluding hydrogens is 573 g/mol. The standard InChI is InChI=1S/C32H41F3N6O3/c33-32(34,35)25-16-23(17-26(19-25)39-10-8-36-9-11-39)30(42)40-12-14-41(15-13-40)31(43)24-18-28(22-4-2-1-3-5-22)29(38-20-24)44-27-6-7-37-21-27/h16-20,22,27,36-37H,1-15,21H2/t27-/m0/s1. The van der Waals surface area contributed by atoms with Crippen molar-refractivity contribution in [3.05, 3.63) is 52.7 Å². The number of hydrogen-bond donors (Lipinski definition) is 2. The molecular formula is C32H41F3N6O3. The van der Waals surface area contributed by atoms with Crippen LogP contribution in [0.2, 0.25) is 0 Å². The van der Waals surface area contributed by atoms with Gasteiger partial charge in [-0.05, 0) is 56.0 Å². The van der Waals surface area contributed by atoms with Crippen LogP contribution in [0.25, 0.3) is 0 Å². The molecule has 6 rings (SSSR count). The lowest BCUT2D eigenvalue weighted by atomic mass is 9.84. The summed E-state index contributed by atoms with van der Waals surface area (Å²) in [7, 11) is 0. The second-order valence-corrected chi connectivity index (χ2v) is 12.3. The third kappa shape index (κ3) is 6.96. The number of carbonyl (C=O) groups is 2. The number of amides is 2. The van der Waals surface area contributed by atoms with E-state index in [4.69, 9.17) is 4.74 Å². The van der Waals surface area contributed by atoms with Crippen molar-refractivity contribution < 1.29 is 27.5 Å². The molecule has 3 saturated heterocycles. The molecule has 1 aliphatic carbocycles. The quantitative estimate of drug-likeness (QED) is 0.511. The number of benzene rings is 1. The number of nitrogens with one attached hydrogen (secondary N) is 2. The van der Waals surface area contributed by atoms with E-state index in [-0.39, 0.29) is 30.7 Å². The van der Waals surface area contributed by atoms with Gasteiger partial charge in [0.2, 0.25) is 5.88 Å². The van der Waals surface area contributed by atoms with Crippen molar-refractivity contribution in [3.63, 3.8) is 0 Å². The Labute approximate surface area is 256 Å². The number of rotatable bonds is 6. The van der Waals surface area contributed by atoms with E-state index in [9.17, 15) is 22.8 Å². The van der Waals surface area contributed by atoms with Gasteiger partial charge in [-0.2, -0.15) is 13.2 Å². The first-order valence-corrected chi connectivity index (χ1v) is 15.9. The number of hydrogen-bond acceptors (Lipinski definition) is 7. The number of anilines is 1. The van der Waals surface area contributed by atoms with Crippen LogP contribution in [-0.2, 0) is 6.18 Å². The van der Waals surface area contributed by atoms with Gasteiger partial charge in [-0.25, -0.2) is 4.98 Å². The second-order valence-electron chi connectivity index (χ2n) is 12.3. The molecule has 12 heteroatoms. The smallest absolute Gasteiger partial charge is 0.416 e. The fourth-order valence-electron chi connectivity index (χ4n) is 6.76. The highest BCUT2D eigenvalue weighted by molar-refractivity contribution is 5.97. The van der Waals surface area contributed by atoms with Gasteiger partial charge in [0.15, 0.2) is 0 Å². The number of ether oxygens (including phenoxy) is 1. The Morgan fingerprint density at radius 2 is 1.48 bits per heavy atom. The third-order valence-corrected chi connectivity index (χ3v) is 9.29. The molecule has 1 atom stereocenters. The second kappa shape index (κ2) is 13.3. The van der Waals surface area contributed by atoms with E-state index in [0.717, 1.165) is 62.9 Å². The molecule has 0 unspecified atom stereocenters. The molecule has 9 nitrogen and oxygen atoms in total. The molecule has 44 heavy (non-hydrogen) atoms. The minimum absolute atomic E-state index is 0.0162. The molecule has 0 spiro atoms. The van der Waals surface area contributed by atoms with Gasteiger partial charge in [0, 0.05) is 81.9 Å². The first-order valence-electron chi connectivity index (χ1n) is 15.9. The summed E-state index contributed by atoms with van der Waals surface area (Å²) >= 11 is 0. The SMILES string of the molecule is O=C(c1cc(N2CCNCC2)cc(C(F)(F)F)c1)N1CCN(C(=O)c2cnc(O[C@H]3CCNC3)c(C3CCCCC3)c2)CC1. The molecule has 4 heterocycles. The Kier molecular flexibility index (Phi) is 9.27. The van der Waals surface area contributed by atoms with E-state index in [1.54, 1.807) is 22.1 Å². The van der Waals surface area contributed by atoms with Crippen LogP contribution in [0, 0.1) is 0 Å². The van der Waals surface area contributed by atoms with Gasteiger partial charge >= 0.3 is 6.18 Å². The number of halogens is 3. The molecule has 2 N–H and O–H groups in total. The lowest BCUT2D eigenvalue weighted by Crippen LogP contribution is -2.50. The molecule has 1 aromatic heterocycles. The van der Waals surface area contributed by atoms with Crippen LogP contribution in [0.5, 0.6) is 5.88 Å². The zero-order valence-corrected chi connectivity index (χ0v) is 25.0. The fraction of sp³-hybridized carbons (Fsp3) is 0.594. The molecule has 0 bridgehead atoms. The monoisotopic (exact) mass is 614 g/mol. The van der Waals surface area contributed by atoms with Gasteiger partial charge in [0.25, 0.3) is 11.8 Å². The fourth-order valence-corrected chi connectivity index (χ4v) is 6.76. The van der Waals surface area contributed by atoms with Crippen molar-refractivity contribution in [2.45, 2.75) is 56.7 Å². The summed E-state index contributed by atoms with van der Waals surface area (Å²) in [5.41, 5.74) is 1.09. The zero-order valence-electron chi connectivity index (χ0n) is 25.0. The topological polar surface area (TPSA) is 90.0 Å². The van der Waals surface area contributed by atoms with Crippen molar-refractivity contribution in [3.8, 4) is 5.88 Å². The van der Waals surface area contributed by atoms with Crippen LogP contribution in [0.4, 0.5) is 18.9 Å². The van der Waals surface area contributed by atoms with Crippen LogP contribution >= 0.6 is 0 Å². The molecule has 1 aromatic carbocycles. The molecule has 4 fully saturated rings. The largest absolute Gasteiger partial charge is 0.473 e. The van der Waals surface area contributed by atoms with Crippen molar-refractivity contribution in [2.24, 2.45) is 0 Å². The average molecular weight is 615 g/mol. The van der Waals surface area contributed by atoms with Gasteiger partial charge in [0.05, 0.1) is 11.1 Å². The maximum atomic E-state index is 13.8. The van der Waals surface area contributed by atoms with E-state index >= 15 is 0 Å². The summed E-state index contributed by atoms with van der Waals surface area (Å²) in [4.78, 5) is 36.8. The highest BCUT2D eigenvalue weighted by Gasteiger charge is 2.34. The summed E-state index contributed by atoms with van der Waals surface area (Å²) in [5.74, 6) is 0.319. The third-order valence-electron chi connectivity index (χ3n) is 9.29. The maximum Gasteiger partial charge on any atom is 0.416 e. The van der Waals surface area contributed by atoms with Gasteiger partial charge in [-0.15, -0.1) is 0 Å². The van der Waals surface area contributed by atoms with Gasteiger partial charge in [0.1, 0.15) is 6.10 Å². The van der Waals surface area contributed by atoms with E-state index in [1.807, 2.05) is 11.0 Å². The highest BCUT2D eigenvalue weighted by Crippen LogP contribution is 2.38. The summed E-state index contributed by atoms with van der Waals surface area (Å²) in [6.07, 6.45) is 3.61. The summed E-state index contributed by atoms with van der Waals surface area (Å²) in [5, 5.41) is 6.51. The van der Waals surface area contributed by atoms with Crippen LogP contribution in [0.15, 0.2) is 30.5 Å². The lowest BCUT2D eigenvalue weighted by Gasteiger charge is -2.35. The Balaban J connectivity index is 1.15. The first kappa shape index (κ1) is 30.6. The molecule has 0 radical (unpaired) electrons. The first-order chi connectivity index (χ1) is 21.3. The molecule has 1 saturated carbocycles. The number of piperazine rings is 2. The number of pyridine rings is 1. The van der Waals surface area contributed by atoms with Crippen molar-refractivity contribution in [1.82, 2.24) is 25.4 Å². The molecule has 3 aliphatic heterocycles.